The molecule has 0 saturated heterocycles. The lowest BCUT2D eigenvalue weighted by atomic mass is 10.3. The SMILES string of the molecule is Nc1nc2c(ncn2[C@H](OC(CO)CO)[C@H](O)CO)c(=O)[nH]1. The summed E-state index contributed by atoms with van der Waals surface area (Å²) in [5.74, 6) is -0.155. The second-order valence-electron chi connectivity index (χ2n) is 4.54. The highest BCUT2D eigenvalue weighted by molar-refractivity contribution is 5.70. The second kappa shape index (κ2) is 6.81. The van der Waals surface area contributed by atoms with Crippen LogP contribution >= 0.6 is 0 Å². The summed E-state index contributed by atoms with van der Waals surface area (Å²) in [5.41, 5.74) is 4.91. The molecule has 0 aliphatic rings. The molecule has 2 aromatic rings. The highest BCUT2D eigenvalue weighted by Gasteiger charge is 2.27. The molecule has 2 atom stereocenters. The monoisotopic (exact) mass is 315 g/mol. The maximum atomic E-state index is 11.7. The maximum Gasteiger partial charge on any atom is 0.280 e. The number of H-pyrrole nitrogens is 1. The fourth-order valence-electron chi connectivity index (χ4n) is 1.90. The average molecular weight is 315 g/mol. The number of nitrogen functional groups attached to an aromatic ring is 1. The van der Waals surface area contributed by atoms with Crippen molar-refractivity contribution < 1.29 is 25.2 Å². The molecule has 0 aliphatic heterocycles. The third-order valence-electron chi connectivity index (χ3n) is 2.98. The second-order valence-corrected chi connectivity index (χ2v) is 4.54. The zero-order valence-corrected chi connectivity index (χ0v) is 11.5. The maximum absolute atomic E-state index is 11.7. The Kier molecular flexibility index (Phi) is 5.05. The Hall–Kier alpha value is -2.05. The number of aliphatic hydroxyl groups is 4. The van der Waals surface area contributed by atoms with Crippen molar-refractivity contribution in [1.29, 1.82) is 0 Å². The minimum Gasteiger partial charge on any atom is -0.394 e. The van der Waals surface area contributed by atoms with Crippen molar-refractivity contribution in [3.63, 3.8) is 0 Å². The Morgan fingerprint density at radius 1 is 1.32 bits per heavy atom. The molecule has 2 aromatic heterocycles. The number of nitrogens with one attached hydrogen (secondary N) is 1. The van der Waals surface area contributed by atoms with E-state index in [1.54, 1.807) is 0 Å². The van der Waals surface area contributed by atoms with E-state index in [4.69, 9.17) is 25.8 Å². The number of imidazole rings is 1. The number of hydrogen-bond acceptors (Lipinski definition) is 9. The van der Waals surface area contributed by atoms with Gasteiger partial charge in [-0.05, 0) is 0 Å². The van der Waals surface area contributed by atoms with Crippen molar-refractivity contribution in [2.45, 2.75) is 18.4 Å². The van der Waals surface area contributed by atoms with E-state index < -0.39 is 43.8 Å². The number of fused-ring (bicyclic) bond motifs is 1. The third kappa shape index (κ3) is 3.08. The van der Waals surface area contributed by atoms with E-state index in [9.17, 15) is 9.90 Å². The van der Waals surface area contributed by atoms with Crippen LogP contribution in [0.1, 0.15) is 6.23 Å². The molecule has 2 rings (SSSR count). The van der Waals surface area contributed by atoms with Gasteiger partial charge < -0.3 is 30.9 Å². The summed E-state index contributed by atoms with van der Waals surface area (Å²) >= 11 is 0. The summed E-state index contributed by atoms with van der Waals surface area (Å²) in [4.78, 5) is 21.8. The van der Waals surface area contributed by atoms with E-state index in [0.29, 0.717) is 0 Å². The fraction of sp³-hybridized carbons (Fsp3) is 0.545. The van der Waals surface area contributed by atoms with Crippen molar-refractivity contribution in [2.75, 3.05) is 25.6 Å². The lowest BCUT2D eigenvalue weighted by Crippen LogP contribution is -2.35. The van der Waals surface area contributed by atoms with Gasteiger partial charge in [-0.3, -0.25) is 14.3 Å². The summed E-state index contributed by atoms with van der Waals surface area (Å²) in [7, 11) is 0. The van der Waals surface area contributed by atoms with E-state index >= 15 is 0 Å². The van der Waals surface area contributed by atoms with Crippen LogP contribution in [0, 0.1) is 0 Å². The lowest BCUT2D eigenvalue weighted by Gasteiger charge is -2.26. The Morgan fingerprint density at radius 2 is 2.00 bits per heavy atom. The molecule has 11 nitrogen and oxygen atoms in total. The zero-order valence-electron chi connectivity index (χ0n) is 11.5. The minimum atomic E-state index is -1.40. The standard InChI is InChI=1S/C11H17N5O6/c12-11-14-8-7(9(21)15-11)13-4-16(8)10(6(20)3-19)22-5(1-17)2-18/h4-6,10,17-20H,1-3H2,(H3,12,14,15,21)/t6-,10-/m1/s1. The number of aromatic nitrogens is 4. The van der Waals surface area contributed by atoms with Gasteiger partial charge >= 0.3 is 0 Å². The molecule has 2 heterocycles. The first-order chi connectivity index (χ1) is 10.5. The molecular formula is C11H17N5O6. The molecular weight excluding hydrogens is 298 g/mol. The lowest BCUT2D eigenvalue weighted by molar-refractivity contribution is -0.148. The number of rotatable bonds is 7. The topological polar surface area (TPSA) is 180 Å². The first-order valence-electron chi connectivity index (χ1n) is 6.40. The van der Waals surface area contributed by atoms with Crippen molar-refractivity contribution in [2.24, 2.45) is 0 Å². The molecule has 0 aromatic carbocycles. The Morgan fingerprint density at radius 3 is 2.59 bits per heavy atom. The van der Waals surface area contributed by atoms with Gasteiger partial charge in [-0.15, -0.1) is 0 Å². The average Bonchev–Trinajstić information content (AvgIpc) is 2.91. The molecule has 0 unspecified atom stereocenters. The predicted molar refractivity (Wildman–Crippen MR) is 73.7 cm³/mol. The predicted octanol–water partition coefficient (Wildman–Crippen LogP) is -3.08. The molecule has 11 heteroatoms. The molecule has 122 valence electrons. The van der Waals surface area contributed by atoms with Crippen LogP contribution in [0.3, 0.4) is 0 Å². The molecule has 0 amide bonds. The summed E-state index contributed by atoms with van der Waals surface area (Å²) < 4.78 is 6.55. The van der Waals surface area contributed by atoms with E-state index in [0.717, 1.165) is 0 Å². The highest BCUT2D eigenvalue weighted by atomic mass is 16.5. The molecule has 0 bridgehead atoms. The molecule has 0 fully saturated rings. The van der Waals surface area contributed by atoms with Crippen LogP contribution in [0.25, 0.3) is 11.2 Å². The highest BCUT2D eigenvalue weighted by Crippen LogP contribution is 2.20. The quantitative estimate of drug-likeness (QED) is 0.309. The molecule has 22 heavy (non-hydrogen) atoms. The summed E-state index contributed by atoms with van der Waals surface area (Å²) in [5, 5.41) is 37.2. The normalized spacial score (nSPS) is 14.6. The van der Waals surface area contributed by atoms with Crippen molar-refractivity contribution in [3.05, 3.63) is 16.7 Å². The number of hydrogen-bond donors (Lipinski definition) is 6. The zero-order chi connectivity index (χ0) is 16.3. The van der Waals surface area contributed by atoms with Gasteiger partial charge in [-0.1, -0.05) is 0 Å². The van der Waals surface area contributed by atoms with E-state index in [1.807, 2.05) is 0 Å². The molecule has 0 spiro atoms. The Balaban J connectivity index is 2.49. The van der Waals surface area contributed by atoms with Crippen molar-refractivity contribution in [1.82, 2.24) is 19.5 Å². The van der Waals surface area contributed by atoms with Gasteiger partial charge in [0, 0.05) is 0 Å². The van der Waals surface area contributed by atoms with Crippen LogP contribution in [0.15, 0.2) is 11.1 Å². The summed E-state index contributed by atoms with van der Waals surface area (Å²) in [6.07, 6.45) is -2.45. The van der Waals surface area contributed by atoms with Crippen molar-refractivity contribution >= 4 is 17.1 Å². The van der Waals surface area contributed by atoms with Gasteiger partial charge in [0.1, 0.15) is 12.2 Å². The Bertz CT molecular complexity index is 681. The molecule has 0 radical (unpaired) electrons. The van der Waals surface area contributed by atoms with Crippen LogP contribution in [0.2, 0.25) is 0 Å². The number of nitrogens with zero attached hydrogens (tertiary/aromatic N) is 3. The third-order valence-corrected chi connectivity index (χ3v) is 2.98. The molecule has 0 saturated carbocycles. The van der Waals surface area contributed by atoms with Gasteiger partial charge in [0.25, 0.3) is 5.56 Å². The number of aromatic amines is 1. The van der Waals surface area contributed by atoms with Gasteiger partial charge in [0.15, 0.2) is 17.4 Å². The smallest absolute Gasteiger partial charge is 0.280 e. The molecule has 0 aliphatic carbocycles. The minimum absolute atomic E-state index is 0.0301. The summed E-state index contributed by atoms with van der Waals surface area (Å²) in [6, 6.07) is 0. The Labute approximate surface area is 123 Å². The molecule has 7 N–H and O–H groups in total. The number of nitrogens with two attached hydrogens (primary N) is 1. The van der Waals surface area contributed by atoms with E-state index in [-0.39, 0.29) is 17.1 Å². The first-order valence-corrected chi connectivity index (χ1v) is 6.40. The first kappa shape index (κ1) is 16.3. The van der Waals surface area contributed by atoms with Gasteiger partial charge in [0.2, 0.25) is 5.95 Å². The van der Waals surface area contributed by atoms with Crippen LogP contribution in [0.5, 0.6) is 0 Å². The van der Waals surface area contributed by atoms with Crippen LogP contribution < -0.4 is 11.3 Å². The fourth-order valence-corrected chi connectivity index (χ4v) is 1.90. The van der Waals surface area contributed by atoms with Crippen molar-refractivity contribution in [3.8, 4) is 0 Å². The van der Waals surface area contributed by atoms with Crippen LogP contribution in [-0.4, -0.2) is 72.0 Å². The van der Waals surface area contributed by atoms with Gasteiger partial charge in [0.05, 0.1) is 26.1 Å². The number of ether oxygens (including phenoxy) is 1. The van der Waals surface area contributed by atoms with Crippen LogP contribution in [-0.2, 0) is 4.74 Å². The van der Waals surface area contributed by atoms with Crippen LogP contribution in [0.4, 0.5) is 5.95 Å². The van der Waals surface area contributed by atoms with Gasteiger partial charge in [-0.25, -0.2) is 4.98 Å². The summed E-state index contributed by atoms with van der Waals surface area (Å²) in [6.45, 7) is -1.67. The number of aliphatic hydroxyl groups excluding tert-OH is 4. The number of anilines is 1. The van der Waals surface area contributed by atoms with Gasteiger partial charge in [-0.2, -0.15) is 4.98 Å². The van der Waals surface area contributed by atoms with E-state index in [1.165, 1.54) is 10.9 Å². The largest absolute Gasteiger partial charge is 0.394 e. The van der Waals surface area contributed by atoms with E-state index in [2.05, 4.69) is 15.0 Å².